The summed E-state index contributed by atoms with van der Waals surface area (Å²) in [5.41, 5.74) is 4.95. The molecule has 1 unspecified atom stereocenters. The van der Waals surface area contributed by atoms with Crippen LogP contribution in [0.5, 0.6) is 0 Å². The fourth-order valence-corrected chi connectivity index (χ4v) is 1.47. The van der Waals surface area contributed by atoms with Gasteiger partial charge in [0.1, 0.15) is 12.6 Å². The highest BCUT2D eigenvalue weighted by Gasteiger charge is 2.26. The van der Waals surface area contributed by atoms with Crippen molar-refractivity contribution in [2.75, 3.05) is 13.7 Å². The van der Waals surface area contributed by atoms with Crippen molar-refractivity contribution in [3.05, 3.63) is 0 Å². The predicted molar refractivity (Wildman–Crippen MR) is 72.2 cm³/mol. The number of amides is 3. The first-order valence-electron chi connectivity index (χ1n) is 6.34. The number of aliphatic carboxylic acids is 1. The van der Waals surface area contributed by atoms with E-state index in [-0.39, 0.29) is 25.4 Å². The average Bonchev–Trinajstić information content (AvgIpc) is 2.38. The van der Waals surface area contributed by atoms with Crippen molar-refractivity contribution in [3.8, 4) is 0 Å². The highest BCUT2D eigenvalue weighted by atomic mass is 16.5. The van der Waals surface area contributed by atoms with E-state index < -0.39 is 29.9 Å². The van der Waals surface area contributed by atoms with Crippen molar-refractivity contribution in [2.24, 2.45) is 5.73 Å². The minimum Gasteiger partial charge on any atom is -0.480 e. The zero-order valence-corrected chi connectivity index (χ0v) is 12.3. The van der Waals surface area contributed by atoms with Gasteiger partial charge in [0.15, 0.2) is 0 Å². The fourth-order valence-electron chi connectivity index (χ4n) is 1.47. The van der Waals surface area contributed by atoms with E-state index in [0.717, 1.165) is 4.90 Å². The van der Waals surface area contributed by atoms with Crippen LogP contribution in [0.4, 0.5) is 4.79 Å². The second-order valence-electron chi connectivity index (χ2n) is 4.64. The van der Waals surface area contributed by atoms with Gasteiger partial charge < -0.3 is 25.8 Å². The van der Waals surface area contributed by atoms with E-state index in [1.54, 1.807) is 13.8 Å². The van der Waals surface area contributed by atoms with Crippen LogP contribution in [0, 0.1) is 0 Å². The lowest BCUT2D eigenvalue weighted by Crippen LogP contribution is -2.51. The minimum absolute atomic E-state index is 0.124. The Balaban J connectivity index is 4.79. The SMILES string of the molecule is COC(=O)CN(C(=O)NC(CCC(N)=O)C(=O)O)C(C)C. The van der Waals surface area contributed by atoms with Crippen molar-refractivity contribution in [1.29, 1.82) is 0 Å². The Bertz CT molecular complexity index is 410. The number of nitrogens with two attached hydrogens (primary N) is 1. The molecule has 0 heterocycles. The van der Waals surface area contributed by atoms with E-state index in [1.165, 1.54) is 7.11 Å². The highest BCUT2D eigenvalue weighted by Crippen LogP contribution is 2.03. The summed E-state index contributed by atoms with van der Waals surface area (Å²) < 4.78 is 4.47. The lowest BCUT2D eigenvalue weighted by atomic mass is 10.1. The molecular formula is C12H21N3O6. The maximum atomic E-state index is 12.0. The second kappa shape index (κ2) is 8.77. The standard InChI is InChI=1S/C12H21N3O6/c1-7(2)15(6-10(17)21-3)12(20)14-8(11(18)19)4-5-9(13)16/h7-8H,4-6H2,1-3H3,(H2,13,16)(H,14,20)(H,18,19). The Morgan fingerprint density at radius 1 is 1.29 bits per heavy atom. The molecule has 0 rings (SSSR count). The van der Waals surface area contributed by atoms with Crippen LogP contribution in [-0.2, 0) is 19.1 Å². The van der Waals surface area contributed by atoms with E-state index in [2.05, 4.69) is 10.1 Å². The molecule has 0 saturated heterocycles. The van der Waals surface area contributed by atoms with E-state index in [0.29, 0.717) is 0 Å². The zero-order chi connectivity index (χ0) is 16.6. The first-order chi connectivity index (χ1) is 9.68. The molecule has 0 aliphatic rings. The van der Waals surface area contributed by atoms with Gasteiger partial charge in [0, 0.05) is 12.5 Å². The molecule has 0 aromatic rings. The zero-order valence-electron chi connectivity index (χ0n) is 12.3. The van der Waals surface area contributed by atoms with Crippen molar-refractivity contribution < 1.29 is 29.0 Å². The van der Waals surface area contributed by atoms with E-state index in [4.69, 9.17) is 10.8 Å². The Labute approximate surface area is 122 Å². The number of nitrogens with one attached hydrogen (secondary N) is 1. The maximum Gasteiger partial charge on any atom is 0.326 e. The maximum absolute atomic E-state index is 12.0. The van der Waals surface area contributed by atoms with Gasteiger partial charge in [0.25, 0.3) is 0 Å². The molecule has 0 aliphatic carbocycles. The molecule has 0 saturated carbocycles. The van der Waals surface area contributed by atoms with Crippen LogP contribution in [0.2, 0.25) is 0 Å². The van der Waals surface area contributed by atoms with Gasteiger partial charge in [-0.3, -0.25) is 9.59 Å². The number of carbonyl (C=O) groups excluding carboxylic acids is 3. The van der Waals surface area contributed by atoms with Crippen LogP contribution in [0.1, 0.15) is 26.7 Å². The van der Waals surface area contributed by atoms with Crippen LogP contribution in [0.25, 0.3) is 0 Å². The van der Waals surface area contributed by atoms with Crippen LogP contribution < -0.4 is 11.1 Å². The van der Waals surface area contributed by atoms with Crippen LogP contribution in [-0.4, -0.2) is 59.6 Å². The largest absolute Gasteiger partial charge is 0.480 e. The topological polar surface area (TPSA) is 139 Å². The smallest absolute Gasteiger partial charge is 0.326 e. The second-order valence-corrected chi connectivity index (χ2v) is 4.64. The highest BCUT2D eigenvalue weighted by molar-refractivity contribution is 5.85. The lowest BCUT2D eigenvalue weighted by molar-refractivity contribution is -0.141. The number of urea groups is 1. The van der Waals surface area contributed by atoms with Crippen molar-refractivity contribution >= 4 is 23.9 Å². The van der Waals surface area contributed by atoms with Gasteiger partial charge in [0.05, 0.1) is 7.11 Å². The normalized spacial score (nSPS) is 11.6. The molecular weight excluding hydrogens is 282 g/mol. The number of esters is 1. The summed E-state index contributed by atoms with van der Waals surface area (Å²) in [6, 6.07) is -2.33. The summed E-state index contributed by atoms with van der Waals surface area (Å²) in [6.07, 6.45) is -0.295. The fraction of sp³-hybridized carbons (Fsp3) is 0.667. The Morgan fingerprint density at radius 2 is 1.86 bits per heavy atom. The molecule has 9 nitrogen and oxygen atoms in total. The summed E-state index contributed by atoms with van der Waals surface area (Å²) in [4.78, 5) is 46.1. The van der Waals surface area contributed by atoms with Crippen molar-refractivity contribution in [1.82, 2.24) is 10.2 Å². The Kier molecular flexibility index (Phi) is 7.80. The number of hydrogen-bond acceptors (Lipinski definition) is 5. The lowest BCUT2D eigenvalue weighted by Gasteiger charge is -2.27. The van der Waals surface area contributed by atoms with Crippen molar-refractivity contribution in [2.45, 2.75) is 38.8 Å². The molecule has 0 radical (unpaired) electrons. The number of carbonyl (C=O) groups is 4. The molecule has 1 atom stereocenters. The summed E-state index contributed by atoms with van der Waals surface area (Å²) >= 11 is 0. The number of nitrogens with zero attached hydrogens (tertiary/aromatic N) is 1. The summed E-state index contributed by atoms with van der Waals surface area (Å²) in [5, 5.41) is 11.3. The van der Waals surface area contributed by atoms with Gasteiger partial charge in [-0.05, 0) is 20.3 Å². The van der Waals surface area contributed by atoms with Gasteiger partial charge in [-0.2, -0.15) is 0 Å². The summed E-state index contributed by atoms with van der Waals surface area (Å²) in [7, 11) is 1.19. The number of rotatable bonds is 8. The molecule has 0 bridgehead atoms. The predicted octanol–water partition coefficient (Wildman–Crippen LogP) is -0.702. The molecule has 0 aliphatic heterocycles. The molecule has 0 spiro atoms. The molecule has 120 valence electrons. The van der Waals surface area contributed by atoms with Gasteiger partial charge in [-0.1, -0.05) is 0 Å². The molecule has 0 aromatic heterocycles. The van der Waals surface area contributed by atoms with Gasteiger partial charge in [-0.25, -0.2) is 9.59 Å². The molecule has 3 amide bonds. The van der Waals surface area contributed by atoms with Crippen LogP contribution in [0.15, 0.2) is 0 Å². The third-order valence-corrected chi connectivity index (χ3v) is 2.69. The first kappa shape index (κ1) is 18.7. The Morgan fingerprint density at radius 3 is 2.24 bits per heavy atom. The molecule has 0 fully saturated rings. The molecule has 9 heteroatoms. The minimum atomic E-state index is -1.29. The number of methoxy groups -OCH3 is 1. The average molecular weight is 303 g/mol. The van der Waals surface area contributed by atoms with E-state index >= 15 is 0 Å². The monoisotopic (exact) mass is 303 g/mol. The van der Waals surface area contributed by atoms with Gasteiger partial charge in [-0.15, -0.1) is 0 Å². The number of ether oxygens (including phenoxy) is 1. The quantitative estimate of drug-likeness (QED) is 0.507. The first-order valence-corrected chi connectivity index (χ1v) is 6.34. The summed E-state index contributed by atoms with van der Waals surface area (Å²) in [6.45, 7) is 3.03. The number of primary amides is 1. The number of carboxylic acid groups (broad SMARTS) is 1. The third-order valence-electron chi connectivity index (χ3n) is 2.69. The number of carboxylic acids is 1. The molecule has 4 N–H and O–H groups in total. The van der Waals surface area contributed by atoms with Crippen LogP contribution in [0.3, 0.4) is 0 Å². The Hall–Kier alpha value is -2.32. The number of hydrogen-bond donors (Lipinski definition) is 3. The van der Waals surface area contributed by atoms with Gasteiger partial charge in [0.2, 0.25) is 5.91 Å². The third kappa shape index (κ3) is 7.14. The van der Waals surface area contributed by atoms with E-state index in [9.17, 15) is 19.2 Å². The summed E-state index contributed by atoms with van der Waals surface area (Å²) in [5.74, 6) is -2.57. The van der Waals surface area contributed by atoms with Crippen molar-refractivity contribution in [3.63, 3.8) is 0 Å². The van der Waals surface area contributed by atoms with Gasteiger partial charge >= 0.3 is 18.0 Å². The van der Waals surface area contributed by atoms with Crippen LogP contribution >= 0.6 is 0 Å². The molecule has 0 aromatic carbocycles. The van der Waals surface area contributed by atoms with E-state index in [1.807, 2.05) is 0 Å². The molecule has 21 heavy (non-hydrogen) atoms.